The topological polar surface area (TPSA) is 63.6 Å². The lowest BCUT2D eigenvalue weighted by atomic mass is 10.2. The van der Waals surface area contributed by atoms with Crippen molar-refractivity contribution >= 4 is 41.2 Å². The average Bonchev–Trinajstić information content (AvgIpc) is 3.25. The van der Waals surface area contributed by atoms with E-state index in [0.717, 1.165) is 27.7 Å². The summed E-state index contributed by atoms with van der Waals surface area (Å²) in [5.41, 5.74) is 3.58. The van der Waals surface area contributed by atoms with Gasteiger partial charge in [0.15, 0.2) is 0 Å². The second-order valence-electron chi connectivity index (χ2n) is 7.06. The summed E-state index contributed by atoms with van der Waals surface area (Å²) in [6.45, 7) is 2.06. The molecule has 0 saturated carbocycles. The van der Waals surface area contributed by atoms with Crippen molar-refractivity contribution in [2.45, 2.75) is 13.5 Å². The molecule has 0 unspecified atom stereocenters. The first-order chi connectivity index (χ1) is 14.9. The largest absolute Gasteiger partial charge is 0.497 e. The number of ether oxygens (including phenoxy) is 1. The van der Waals surface area contributed by atoms with Gasteiger partial charge in [0.1, 0.15) is 11.4 Å². The van der Waals surface area contributed by atoms with Crippen LogP contribution < -0.4 is 10.1 Å². The fraction of sp³-hybridized carbons (Fsp3) is 0.130. The molecule has 158 valence electrons. The van der Waals surface area contributed by atoms with Crippen LogP contribution in [0.1, 0.15) is 17.0 Å². The second-order valence-corrected chi connectivity index (χ2v) is 7.88. The first-order valence-electron chi connectivity index (χ1n) is 9.48. The molecule has 1 N–H and O–H groups in total. The number of imide groups is 1. The molecule has 1 fully saturated rings. The molecule has 0 bridgehead atoms. The third-order valence-corrected chi connectivity index (χ3v) is 5.76. The highest BCUT2D eigenvalue weighted by atomic mass is 35.5. The zero-order valence-corrected chi connectivity index (χ0v) is 18.4. The predicted molar refractivity (Wildman–Crippen MR) is 121 cm³/mol. The Bertz CT molecular complexity index is 1200. The number of carbonyl (C=O) groups is 2. The van der Waals surface area contributed by atoms with Crippen molar-refractivity contribution in [3.05, 3.63) is 87.3 Å². The van der Waals surface area contributed by atoms with Crippen molar-refractivity contribution < 1.29 is 14.3 Å². The monoisotopic (exact) mass is 455 g/mol. The molecule has 6 nitrogen and oxygen atoms in total. The molecule has 2 heterocycles. The lowest BCUT2D eigenvalue weighted by molar-refractivity contribution is -0.123. The maximum atomic E-state index is 12.9. The molecular weight excluding hydrogens is 437 g/mol. The van der Waals surface area contributed by atoms with Crippen molar-refractivity contribution in [2.24, 2.45) is 0 Å². The highest BCUT2D eigenvalue weighted by Crippen LogP contribution is 2.26. The first-order valence-corrected chi connectivity index (χ1v) is 10.2. The molecule has 3 aromatic rings. The minimum Gasteiger partial charge on any atom is -0.497 e. The summed E-state index contributed by atoms with van der Waals surface area (Å²) in [6, 6.07) is 16.0. The summed E-state index contributed by atoms with van der Waals surface area (Å²) < 4.78 is 7.21. The normalized spacial score (nSPS) is 15.0. The number of nitrogens with one attached hydrogen (secondary N) is 1. The molecule has 1 saturated heterocycles. The van der Waals surface area contributed by atoms with E-state index in [2.05, 4.69) is 5.32 Å². The molecule has 0 spiro atoms. The van der Waals surface area contributed by atoms with Crippen LogP contribution in [0, 0.1) is 6.92 Å². The Kier molecular flexibility index (Phi) is 5.76. The van der Waals surface area contributed by atoms with E-state index in [1.807, 2.05) is 47.9 Å². The Morgan fingerprint density at radius 1 is 1.00 bits per heavy atom. The lowest BCUT2D eigenvalue weighted by Crippen LogP contribution is -2.30. The van der Waals surface area contributed by atoms with Crippen molar-refractivity contribution in [1.29, 1.82) is 0 Å². The molecule has 0 aliphatic carbocycles. The summed E-state index contributed by atoms with van der Waals surface area (Å²) in [7, 11) is 1.61. The summed E-state index contributed by atoms with van der Waals surface area (Å²) >= 11 is 12.0. The van der Waals surface area contributed by atoms with Gasteiger partial charge in [-0.15, -0.1) is 0 Å². The lowest BCUT2D eigenvalue weighted by Gasteiger charge is -2.12. The summed E-state index contributed by atoms with van der Waals surface area (Å²) in [4.78, 5) is 26.5. The average molecular weight is 456 g/mol. The first kappa shape index (κ1) is 21.0. The summed E-state index contributed by atoms with van der Waals surface area (Å²) in [5, 5.41) is 3.45. The third kappa shape index (κ3) is 4.17. The molecule has 0 radical (unpaired) electrons. The van der Waals surface area contributed by atoms with Crippen LogP contribution >= 0.6 is 23.2 Å². The number of carbonyl (C=O) groups excluding carboxylic acids is 2. The second kappa shape index (κ2) is 8.49. The van der Waals surface area contributed by atoms with Gasteiger partial charge >= 0.3 is 6.03 Å². The Balaban J connectivity index is 1.62. The number of aromatic nitrogens is 1. The third-order valence-electron chi connectivity index (χ3n) is 5.02. The number of halogens is 2. The van der Waals surface area contributed by atoms with Crippen molar-refractivity contribution in [2.75, 3.05) is 7.11 Å². The molecule has 0 atom stereocenters. The van der Waals surface area contributed by atoms with Gasteiger partial charge in [0.25, 0.3) is 5.91 Å². The van der Waals surface area contributed by atoms with E-state index in [1.165, 1.54) is 0 Å². The van der Waals surface area contributed by atoms with Crippen LogP contribution in [0.5, 0.6) is 5.75 Å². The van der Waals surface area contributed by atoms with Crippen LogP contribution in [0.25, 0.3) is 11.8 Å². The molecule has 1 aliphatic rings. The van der Waals surface area contributed by atoms with Gasteiger partial charge in [-0.25, -0.2) is 4.79 Å². The zero-order valence-electron chi connectivity index (χ0n) is 16.9. The summed E-state index contributed by atoms with van der Waals surface area (Å²) in [5.74, 6) is 0.348. The van der Waals surface area contributed by atoms with Gasteiger partial charge in [-0.05, 0) is 67.1 Å². The number of amides is 3. The molecule has 4 rings (SSSR count). The number of nitrogens with zero attached hydrogens (tertiary/aromatic N) is 2. The van der Waals surface area contributed by atoms with Gasteiger partial charge in [0, 0.05) is 17.1 Å². The highest BCUT2D eigenvalue weighted by molar-refractivity contribution is 6.42. The standard InChI is InChI=1S/C23H19Cl2N3O3/c1-14-3-5-17(28(14)16-6-8-18(31-2)9-7-16)12-21-22(29)27(23(30)26-21)13-15-4-10-19(24)20(25)11-15/h3-12H,13H2,1-2H3,(H,26,30)/b21-12-. The van der Waals surface area contributed by atoms with Crippen LogP contribution in [-0.4, -0.2) is 28.5 Å². The number of urea groups is 1. The van der Waals surface area contributed by atoms with Gasteiger partial charge in [-0.2, -0.15) is 0 Å². The molecule has 8 heteroatoms. The van der Waals surface area contributed by atoms with Gasteiger partial charge in [-0.1, -0.05) is 29.3 Å². The van der Waals surface area contributed by atoms with E-state index in [-0.39, 0.29) is 12.2 Å². The van der Waals surface area contributed by atoms with E-state index in [0.29, 0.717) is 15.6 Å². The van der Waals surface area contributed by atoms with Gasteiger partial charge < -0.3 is 14.6 Å². The number of rotatable bonds is 5. The van der Waals surface area contributed by atoms with Crippen molar-refractivity contribution in [1.82, 2.24) is 14.8 Å². The quantitative estimate of drug-likeness (QED) is 0.425. The maximum absolute atomic E-state index is 12.9. The van der Waals surface area contributed by atoms with Crippen LogP contribution in [0.2, 0.25) is 10.0 Å². The highest BCUT2D eigenvalue weighted by Gasteiger charge is 2.33. The Labute approximate surface area is 189 Å². The van der Waals surface area contributed by atoms with E-state index in [1.54, 1.807) is 31.4 Å². The molecular formula is C23H19Cl2N3O3. The van der Waals surface area contributed by atoms with Crippen LogP contribution in [0.3, 0.4) is 0 Å². The van der Waals surface area contributed by atoms with Crippen LogP contribution in [-0.2, 0) is 11.3 Å². The zero-order chi connectivity index (χ0) is 22.1. The number of aryl methyl sites for hydroxylation is 1. The molecule has 2 aromatic carbocycles. The number of hydrogen-bond donors (Lipinski definition) is 1. The Morgan fingerprint density at radius 2 is 1.74 bits per heavy atom. The minimum absolute atomic E-state index is 0.0947. The van der Waals surface area contributed by atoms with Crippen molar-refractivity contribution in [3.8, 4) is 11.4 Å². The van der Waals surface area contributed by atoms with Crippen LogP contribution in [0.15, 0.2) is 60.3 Å². The molecule has 31 heavy (non-hydrogen) atoms. The Morgan fingerprint density at radius 3 is 2.42 bits per heavy atom. The summed E-state index contributed by atoms with van der Waals surface area (Å²) in [6.07, 6.45) is 1.67. The number of hydrogen-bond acceptors (Lipinski definition) is 3. The molecule has 3 amide bonds. The number of benzene rings is 2. The van der Waals surface area contributed by atoms with E-state index in [9.17, 15) is 9.59 Å². The maximum Gasteiger partial charge on any atom is 0.329 e. The minimum atomic E-state index is -0.485. The van der Waals surface area contributed by atoms with Crippen LogP contribution in [0.4, 0.5) is 4.79 Å². The fourth-order valence-electron chi connectivity index (χ4n) is 3.44. The fourth-order valence-corrected chi connectivity index (χ4v) is 3.76. The van der Waals surface area contributed by atoms with Gasteiger partial charge in [-0.3, -0.25) is 9.69 Å². The Hall–Kier alpha value is -3.22. The van der Waals surface area contributed by atoms with E-state index >= 15 is 0 Å². The van der Waals surface area contributed by atoms with Gasteiger partial charge in [0.05, 0.1) is 23.7 Å². The van der Waals surface area contributed by atoms with E-state index in [4.69, 9.17) is 27.9 Å². The predicted octanol–water partition coefficient (Wildman–Crippen LogP) is 5.19. The van der Waals surface area contributed by atoms with Crippen molar-refractivity contribution in [3.63, 3.8) is 0 Å². The smallest absolute Gasteiger partial charge is 0.329 e. The van der Waals surface area contributed by atoms with E-state index < -0.39 is 11.9 Å². The molecule has 1 aliphatic heterocycles. The number of methoxy groups -OCH3 is 1. The SMILES string of the molecule is COc1ccc(-n2c(C)ccc2/C=C2\NC(=O)N(Cc3ccc(Cl)c(Cl)c3)C2=O)cc1. The van der Waals surface area contributed by atoms with Gasteiger partial charge in [0.2, 0.25) is 0 Å². The molecule has 1 aromatic heterocycles.